The molecular formula is C11H15N3S. The molecule has 0 aliphatic carbocycles. The van der Waals surface area contributed by atoms with Crippen molar-refractivity contribution in [2.45, 2.75) is 25.9 Å². The van der Waals surface area contributed by atoms with Gasteiger partial charge in [-0.3, -0.25) is 0 Å². The van der Waals surface area contributed by atoms with Gasteiger partial charge in [0.25, 0.3) is 0 Å². The lowest BCUT2D eigenvalue weighted by Gasteiger charge is -2.21. The highest BCUT2D eigenvalue weighted by atomic mass is 32.1. The maximum Gasteiger partial charge on any atom is 0.0952 e. The van der Waals surface area contributed by atoms with Crippen molar-refractivity contribution < 1.29 is 0 Å². The molecule has 0 aliphatic heterocycles. The van der Waals surface area contributed by atoms with Crippen LogP contribution in [-0.4, -0.2) is 15.6 Å². The average Bonchev–Trinajstić information content (AvgIpc) is 2.79. The van der Waals surface area contributed by atoms with E-state index in [-0.39, 0.29) is 12.1 Å². The summed E-state index contributed by atoms with van der Waals surface area (Å²) in [5.41, 5.74) is 7.35. The van der Waals surface area contributed by atoms with E-state index in [1.54, 1.807) is 17.5 Å². The number of thiophene rings is 1. The van der Waals surface area contributed by atoms with Gasteiger partial charge < -0.3 is 10.3 Å². The lowest BCUT2D eigenvalue weighted by molar-refractivity contribution is 0.501. The summed E-state index contributed by atoms with van der Waals surface area (Å²) in [7, 11) is 0. The van der Waals surface area contributed by atoms with Crippen LogP contribution in [-0.2, 0) is 0 Å². The fourth-order valence-electron chi connectivity index (χ4n) is 1.77. The molecule has 2 atom stereocenters. The van der Waals surface area contributed by atoms with Gasteiger partial charge in [0.15, 0.2) is 0 Å². The Morgan fingerprint density at radius 2 is 2.33 bits per heavy atom. The molecule has 4 heteroatoms. The zero-order valence-corrected chi connectivity index (χ0v) is 9.74. The van der Waals surface area contributed by atoms with E-state index < -0.39 is 0 Å². The largest absolute Gasteiger partial charge is 0.328 e. The maximum atomic E-state index is 6.05. The molecule has 0 amide bonds. The van der Waals surface area contributed by atoms with Crippen molar-refractivity contribution in [3.05, 3.63) is 40.6 Å². The van der Waals surface area contributed by atoms with Crippen molar-refractivity contribution in [2.24, 2.45) is 5.73 Å². The molecule has 2 N–H and O–H groups in total. The number of imidazole rings is 1. The minimum absolute atomic E-state index is 0.0801. The average molecular weight is 221 g/mol. The summed E-state index contributed by atoms with van der Waals surface area (Å²) in [4.78, 5) is 5.40. The van der Waals surface area contributed by atoms with Gasteiger partial charge in [0.05, 0.1) is 12.4 Å². The second kappa shape index (κ2) is 4.16. The number of nitrogens with two attached hydrogens (primary N) is 1. The highest BCUT2D eigenvalue weighted by Crippen LogP contribution is 2.28. The van der Waals surface area contributed by atoms with Gasteiger partial charge >= 0.3 is 0 Å². The van der Waals surface area contributed by atoms with Crippen LogP contribution < -0.4 is 5.73 Å². The van der Waals surface area contributed by atoms with E-state index in [4.69, 9.17) is 5.73 Å². The minimum Gasteiger partial charge on any atom is -0.328 e. The number of rotatable bonds is 3. The van der Waals surface area contributed by atoms with Crippen LogP contribution in [0.5, 0.6) is 0 Å². The second-order valence-corrected chi connectivity index (χ2v) is 4.73. The molecule has 0 saturated heterocycles. The van der Waals surface area contributed by atoms with Gasteiger partial charge in [-0.05, 0) is 30.9 Å². The molecule has 2 heterocycles. The molecule has 80 valence electrons. The highest BCUT2D eigenvalue weighted by Gasteiger charge is 2.20. The predicted octanol–water partition coefficient (Wildman–Crippen LogP) is 2.19. The van der Waals surface area contributed by atoms with Gasteiger partial charge in [0.2, 0.25) is 0 Å². The number of aromatic nitrogens is 2. The van der Waals surface area contributed by atoms with Crippen molar-refractivity contribution in [3.8, 4) is 0 Å². The topological polar surface area (TPSA) is 43.8 Å². The summed E-state index contributed by atoms with van der Waals surface area (Å²) in [6.45, 7) is 4.15. The quantitative estimate of drug-likeness (QED) is 0.863. The van der Waals surface area contributed by atoms with Crippen molar-refractivity contribution in [1.82, 2.24) is 9.55 Å². The Bertz CT molecular complexity index is 417. The van der Waals surface area contributed by atoms with Crippen molar-refractivity contribution in [3.63, 3.8) is 0 Å². The summed E-state index contributed by atoms with van der Waals surface area (Å²) < 4.78 is 2.07. The molecule has 2 rings (SSSR count). The number of hydrogen-bond acceptors (Lipinski definition) is 3. The third-order valence-corrected chi connectivity index (χ3v) is 3.60. The Labute approximate surface area is 93.6 Å². The molecular weight excluding hydrogens is 206 g/mol. The van der Waals surface area contributed by atoms with Crippen LogP contribution in [0.2, 0.25) is 0 Å². The van der Waals surface area contributed by atoms with Gasteiger partial charge in [-0.15, -0.1) is 11.3 Å². The first-order valence-corrected chi connectivity index (χ1v) is 5.85. The fraction of sp³-hybridized carbons (Fsp3) is 0.364. The molecule has 0 aliphatic rings. The van der Waals surface area contributed by atoms with E-state index in [0.717, 1.165) is 0 Å². The molecule has 0 bridgehead atoms. The molecule has 0 aromatic carbocycles. The van der Waals surface area contributed by atoms with E-state index in [1.165, 1.54) is 10.4 Å². The normalized spacial score (nSPS) is 15.1. The van der Waals surface area contributed by atoms with Crippen molar-refractivity contribution in [2.75, 3.05) is 0 Å². The van der Waals surface area contributed by atoms with E-state index >= 15 is 0 Å². The third-order valence-electron chi connectivity index (χ3n) is 2.51. The minimum atomic E-state index is 0.0801. The zero-order valence-electron chi connectivity index (χ0n) is 8.92. The Morgan fingerprint density at radius 1 is 1.53 bits per heavy atom. The summed E-state index contributed by atoms with van der Waals surface area (Å²) >= 11 is 1.76. The van der Waals surface area contributed by atoms with Crippen LogP contribution in [0.15, 0.2) is 30.2 Å². The van der Waals surface area contributed by atoms with Gasteiger partial charge in [0, 0.05) is 23.3 Å². The van der Waals surface area contributed by atoms with Gasteiger partial charge in [-0.1, -0.05) is 0 Å². The molecule has 2 aromatic rings. The first-order chi connectivity index (χ1) is 7.20. The maximum absolute atomic E-state index is 6.05. The van der Waals surface area contributed by atoms with Crippen LogP contribution in [0.3, 0.4) is 0 Å². The van der Waals surface area contributed by atoms with E-state index in [0.29, 0.717) is 0 Å². The Balaban J connectivity index is 2.41. The monoisotopic (exact) mass is 221 g/mol. The zero-order chi connectivity index (χ0) is 10.8. The van der Waals surface area contributed by atoms with E-state index in [9.17, 15) is 0 Å². The van der Waals surface area contributed by atoms with Crippen LogP contribution in [0, 0.1) is 6.92 Å². The van der Waals surface area contributed by atoms with Crippen LogP contribution >= 0.6 is 11.3 Å². The van der Waals surface area contributed by atoms with Crippen molar-refractivity contribution in [1.29, 1.82) is 0 Å². The second-order valence-electron chi connectivity index (χ2n) is 3.78. The summed E-state index contributed by atoms with van der Waals surface area (Å²) in [6.07, 6.45) is 5.58. The molecule has 3 nitrogen and oxygen atoms in total. The van der Waals surface area contributed by atoms with Gasteiger partial charge in [-0.2, -0.15) is 0 Å². The smallest absolute Gasteiger partial charge is 0.0952 e. The molecule has 2 unspecified atom stereocenters. The van der Waals surface area contributed by atoms with E-state index in [2.05, 4.69) is 27.9 Å². The predicted molar refractivity (Wildman–Crippen MR) is 63.1 cm³/mol. The highest BCUT2D eigenvalue weighted by molar-refractivity contribution is 7.10. The summed E-state index contributed by atoms with van der Waals surface area (Å²) in [5.74, 6) is 0. The lowest BCUT2D eigenvalue weighted by Crippen LogP contribution is -2.29. The fourth-order valence-corrected chi connectivity index (χ4v) is 2.92. The summed E-state index contributed by atoms with van der Waals surface area (Å²) in [5, 5.41) is 2.11. The van der Waals surface area contributed by atoms with Crippen LogP contribution in [0.4, 0.5) is 0 Å². The first kappa shape index (κ1) is 10.4. The lowest BCUT2D eigenvalue weighted by atomic mass is 10.1. The van der Waals surface area contributed by atoms with E-state index in [1.807, 2.05) is 19.4 Å². The Hall–Kier alpha value is -1.13. The SMILES string of the molecule is Cc1ccsc1C(C(C)N)n1ccnc1. The number of nitrogens with zero attached hydrogens (tertiary/aromatic N) is 2. The number of hydrogen-bond donors (Lipinski definition) is 1. The third kappa shape index (κ3) is 1.96. The van der Waals surface area contributed by atoms with Crippen LogP contribution in [0.25, 0.3) is 0 Å². The Morgan fingerprint density at radius 3 is 2.80 bits per heavy atom. The number of aryl methyl sites for hydroxylation is 1. The van der Waals surface area contributed by atoms with Crippen molar-refractivity contribution >= 4 is 11.3 Å². The molecule has 0 fully saturated rings. The molecule has 15 heavy (non-hydrogen) atoms. The Kier molecular flexibility index (Phi) is 2.88. The standard InChI is InChI=1S/C11H15N3S/c1-8-3-6-15-11(8)10(9(2)12)14-5-4-13-7-14/h3-7,9-10H,12H2,1-2H3. The van der Waals surface area contributed by atoms with Gasteiger partial charge in [-0.25, -0.2) is 4.98 Å². The summed E-state index contributed by atoms with van der Waals surface area (Å²) in [6, 6.07) is 2.41. The first-order valence-electron chi connectivity index (χ1n) is 4.97. The molecule has 0 spiro atoms. The molecule has 0 saturated carbocycles. The van der Waals surface area contributed by atoms with Crippen LogP contribution in [0.1, 0.15) is 23.4 Å². The van der Waals surface area contributed by atoms with Gasteiger partial charge in [0.1, 0.15) is 0 Å². The molecule has 0 radical (unpaired) electrons. The molecule has 2 aromatic heterocycles.